The summed E-state index contributed by atoms with van der Waals surface area (Å²) in [7, 11) is 1.68. The highest BCUT2D eigenvalue weighted by Crippen LogP contribution is 2.09. The van der Waals surface area contributed by atoms with E-state index in [1.807, 2.05) is 0 Å². The Kier molecular flexibility index (Phi) is 4.55. The van der Waals surface area contributed by atoms with Gasteiger partial charge in [-0.1, -0.05) is 6.92 Å². The molecule has 0 radical (unpaired) electrons. The molecule has 3 N–H and O–H groups in total. The molecule has 84 valence electrons. The molecule has 1 amide bonds. The highest BCUT2D eigenvalue weighted by atomic mass is 16.3. The zero-order chi connectivity index (χ0) is 11.5. The molecule has 2 atom stereocenters. The first-order valence-electron chi connectivity index (χ1n) is 4.88. The molecule has 0 saturated heterocycles. The SMILES string of the molecule is CC(N)C(C)C(=O)N(C)CC(C)(C)O. The minimum Gasteiger partial charge on any atom is -0.389 e. The summed E-state index contributed by atoms with van der Waals surface area (Å²) in [6.45, 7) is 7.28. The first-order chi connectivity index (χ1) is 6.15. The molecule has 0 aromatic carbocycles. The lowest BCUT2D eigenvalue weighted by molar-refractivity contribution is -0.136. The lowest BCUT2D eigenvalue weighted by Crippen LogP contribution is -2.45. The monoisotopic (exact) mass is 202 g/mol. The predicted molar refractivity (Wildman–Crippen MR) is 56.7 cm³/mol. The van der Waals surface area contributed by atoms with Gasteiger partial charge < -0.3 is 15.7 Å². The number of hydrogen-bond acceptors (Lipinski definition) is 3. The topological polar surface area (TPSA) is 66.6 Å². The van der Waals surface area contributed by atoms with Gasteiger partial charge in [-0.05, 0) is 20.8 Å². The number of carbonyl (C=O) groups excluding carboxylic acids is 1. The fourth-order valence-electron chi connectivity index (χ4n) is 1.23. The van der Waals surface area contributed by atoms with E-state index in [1.165, 1.54) is 4.90 Å². The van der Waals surface area contributed by atoms with Crippen molar-refractivity contribution >= 4 is 5.91 Å². The van der Waals surface area contributed by atoms with E-state index in [4.69, 9.17) is 5.73 Å². The summed E-state index contributed by atoms with van der Waals surface area (Å²) in [4.78, 5) is 13.2. The van der Waals surface area contributed by atoms with Crippen molar-refractivity contribution in [2.45, 2.75) is 39.3 Å². The second-order valence-electron chi connectivity index (χ2n) is 4.65. The second-order valence-corrected chi connectivity index (χ2v) is 4.65. The standard InChI is InChI=1S/C10H22N2O2/c1-7(8(2)11)9(13)12(5)6-10(3,4)14/h7-8,14H,6,11H2,1-5H3. The van der Waals surface area contributed by atoms with E-state index in [-0.39, 0.29) is 17.9 Å². The third-order valence-corrected chi connectivity index (χ3v) is 2.18. The Morgan fingerprint density at radius 1 is 1.50 bits per heavy atom. The summed E-state index contributed by atoms with van der Waals surface area (Å²) in [6, 6.07) is -0.160. The maximum Gasteiger partial charge on any atom is 0.226 e. The first-order valence-corrected chi connectivity index (χ1v) is 4.88. The summed E-state index contributed by atoms with van der Waals surface area (Å²) in [6.07, 6.45) is 0. The molecule has 14 heavy (non-hydrogen) atoms. The van der Waals surface area contributed by atoms with Crippen molar-refractivity contribution in [1.29, 1.82) is 0 Å². The summed E-state index contributed by atoms with van der Waals surface area (Å²) < 4.78 is 0. The van der Waals surface area contributed by atoms with Crippen LogP contribution in [0.25, 0.3) is 0 Å². The molecular formula is C10H22N2O2. The van der Waals surface area contributed by atoms with Gasteiger partial charge in [-0.2, -0.15) is 0 Å². The van der Waals surface area contributed by atoms with Gasteiger partial charge in [0.25, 0.3) is 0 Å². The van der Waals surface area contributed by atoms with Gasteiger partial charge in [0.2, 0.25) is 5.91 Å². The Labute approximate surface area is 86.1 Å². The maximum absolute atomic E-state index is 11.7. The first kappa shape index (κ1) is 13.4. The van der Waals surface area contributed by atoms with E-state index < -0.39 is 5.60 Å². The molecule has 0 aliphatic heterocycles. The van der Waals surface area contributed by atoms with E-state index in [1.54, 1.807) is 34.7 Å². The van der Waals surface area contributed by atoms with Crippen LogP contribution in [0.3, 0.4) is 0 Å². The zero-order valence-electron chi connectivity index (χ0n) is 9.74. The number of nitrogens with zero attached hydrogens (tertiary/aromatic N) is 1. The van der Waals surface area contributed by atoms with Crippen LogP contribution in [0.15, 0.2) is 0 Å². The third kappa shape index (κ3) is 4.58. The number of rotatable bonds is 4. The predicted octanol–water partition coefficient (Wildman–Crippen LogP) is 0.199. The van der Waals surface area contributed by atoms with Crippen molar-refractivity contribution in [3.05, 3.63) is 0 Å². The lowest BCUT2D eigenvalue weighted by Gasteiger charge is -2.28. The van der Waals surface area contributed by atoms with Crippen LogP contribution in [0, 0.1) is 5.92 Å². The molecule has 4 nitrogen and oxygen atoms in total. The van der Waals surface area contributed by atoms with E-state index in [0.717, 1.165) is 0 Å². The van der Waals surface area contributed by atoms with Crippen LogP contribution in [0.5, 0.6) is 0 Å². The van der Waals surface area contributed by atoms with E-state index >= 15 is 0 Å². The number of aliphatic hydroxyl groups is 1. The average Bonchev–Trinajstić information content (AvgIpc) is 1.98. The van der Waals surface area contributed by atoms with Crippen LogP contribution >= 0.6 is 0 Å². The van der Waals surface area contributed by atoms with Gasteiger partial charge in [0.05, 0.1) is 11.5 Å². The molecule has 0 fully saturated rings. The van der Waals surface area contributed by atoms with Crippen molar-refractivity contribution in [1.82, 2.24) is 4.90 Å². The molecule has 0 aliphatic carbocycles. The fraction of sp³-hybridized carbons (Fsp3) is 0.900. The Bertz CT molecular complexity index is 197. The molecular weight excluding hydrogens is 180 g/mol. The molecule has 0 heterocycles. The summed E-state index contributed by atoms with van der Waals surface area (Å²) in [5, 5.41) is 9.53. The number of amides is 1. The number of carbonyl (C=O) groups is 1. The van der Waals surface area contributed by atoms with Gasteiger partial charge in [-0.3, -0.25) is 4.79 Å². The van der Waals surface area contributed by atoms with Crippen molar-refractivity contribution in [3.8, 4) is 0 Å². The quantitative estimate of drug-likeness (QED) is 0.684. The summed E-state index contributed by atoms with van der Waals surface area (Å²) >= 11 is 0. The van der Waals surface area contributed by atoms with Crippen molar-refractivity contribution in [3.63, 3.8) is 0 Å². The Balaban J connectivity index is 4.26. The number of likely N-dealkylation sites (N-methyl/N-ethyl adjacent to an activating group) is 1. The van der Waals surface area contributed by atoms with Crippen LogP contribution in [0.2, 0.25) is 0 Å². The minimum absolute atomic E-state index is 0.0258. The molecule has 2 unspecified atom stereocenters. The van der Waals surface area contributed by atoms with Gasteiger partial charge in [-0.25, -0.2) is 0 Å². The van der Waals surface area contributed by atoms with Crippen LogP contribution in [0.4, 0.5) is 0 Å². The number of hydrogen-bond donors (Lipinski definition) is 2. The Morgan fingerprint density at radius 2 is 1.93 bits per heavy atom. The van der Waals surface area contributed by atoms with Crippen molar-refractivity contribution < 1.29 is 9.90 Å². The normalized spacial score (nSPS) is 16.2. The van der Waals surface area contributed by atoms with Gasteiger partial charge in [0.1, 0.15) is 0 Å². The van der Waals surface area contributed by atoms with Crippen LogP contribution in [-0.2, 0) is 4.79 Å². The molecule has 0 spiro atoms. The highest BCUT2D eigenvalue weighted by molar-refractivity contribution is 5.78. The smallest absolute Gasteiger partial charge is 0.226 e. The molecule has 0 rings (SSSR count). The fourth-order valence-corrected chi connectivity index (χ4v) is 1.23. The molecule has 0 aromatic heterocycles. The Hall–Kier alpha value is -0.610. The minimum atomic E-state index is -0.859. The molecule has 0 aliphatic rings. The average molecular weight is 202 g/mol. The largest absolute Gasteiger partial charge is 0.389 e. The van der Waals surface area contributed by atoms with E-state index in [9.17, 15) is 9.90 Å². The van der Waals surface area contributed by atoms with Crippen molar-refractivity contribution in [2.24, 2.45) is 11.7 Å². The Morgan fingerprint density at radius 3 is 2.21 bits per heavy atom. The second kappa shape index (κ2) is 4.75. The van der Waals surface area contributed by atoms with Crippen LogP contribution in [-0.4, -0.2) is 41.1 Å². The van der Waals surface area contributed by atoms with Gasteiger partial charge in [-0.15, -0.1) is 0 Å². The van der Waals surface area contributed by atoms with Gasteiger partial charge >= 0.3 is 0 Å². The summed E-state index contributed by atoms with van der Waals surface area (Å²) in [5.74, 6) is -0.232. The zero-order valence-corrected chi connectivity index (χ0v) is 9.74. The summed E-state index contributed by atoms with van der Waals surface area (Å²) in [5.41, 5.74) is 4.77. The van der Waals surface area contributed by atoms with Crippen LogP contribution < -0.4 is 5.73 Å². The van der Waals surface area contributed by atoms with E-state index in [0.29, 0.717) is 6.54 Å². The number of nitrogens with two attached hydrogens (primary N) is 1. The lowest BCUT2D eigenvalue weighted by atomic mass is 10.0. The van der Waals surface area contributed by atoms with Crippen LogP contribution in [0.1, 0.15) is 27.7 Å². The highest BCUT2D eigenvalue weighted by Gasteiger charge is 2.24. The van der Waals surface area contributed by atoms with Gasteiger partial charge in [0.15, 0.2) is 0 Å². The molecule has 0 aromatic rings. The third-order valence-electron chi connectivity index (χ3n) is 2.18. The molecule has 0 saturated carbocycles. The molecule has 4 heteroatoms. The van der Waals surface area contributed by atoms with Gasteiger partial charge in [0, 0.05) is 19.6 Å². The molecule has 0 bridgehead atoms. The maximum atomic E-state index is 11.7. The van der Waals surface area contributed by atoms with E-state index in [2.05, 4.69) is 0 Å². The van der Waals surface area contributed by atoms with Crippen molar-refractivity contribution in [2.75, 3.05) is 13.6 Å².